The van der Waals surface area contributed by atoms with Crippen molar-refractivity contribution in [3.63, 3.8) is 0 Å². The number of carbonyl (C=O) groups is 1. The van der Waals surface area contributed by atoms with Crippen molar-refractivity contribution in [2.75, 3.05) is 0 Å². The number of benzene rings is 2. The van der Waals surface area contributed by atoms with Gasteiger partial charge < -0.3 is 5.11 Å². The van der Waals surface area contributed by atoms with Gasteiger partial charge in [-0.3, -0.25) is 4.79 Å². The molecule has 0 aliphatic heterocycles. The number of halogens is 1. The molecule has 0 atom stereocenters. The highest BCUT2D eigenvalue weighted by molar-refractivity contribution is 9.10. The molecule has 0 spiro atoms. The molecule has 0 aliphatic carbocycles. The standard InChI is InChI=1S/C16H15BrN2O2/c1-10-6-12(7-11(2)15(10)20)9-18-19-16(21)13-4-3-5-14(17)8-13/h3-9,20H,1-2H3,(H,19,21)/b18-9-. The van der Waals surface area contributed by atoms with Crippen LogP contribution < -0.4 is 5.43 Å². The number of hydrogen-bond acceptors (Lipinski definition) is 3. The first-order valence-electron chi connectivity index (χ1n) is 6.36. The Hall–Kier alpha value is -2.14. The lowest BCUT2D eigenvalue weighted by Crippen LogP contribution is -2.17. The van der Waals surface area contributed by atoms with Crippen LogP contribution in [0.25, 0.3) is 0 Å². The summed E-state index contributed by atoms with van der Waals surface area (Å²) in [7, 11) is 0. The number of hydrogen-bond donors (Lipinski definition) is 2. The van der Waals surface area contributed by atoms with Crippen molar-refractivity contribution >= 4 is 28.1 Å². The molecule has 2 aromatic carbocycles. The maximum atomic E-state index is 11.9. The lowest BCUT2D eigenvalue weighted by molar-refractivity contribution is 0.0955. The molecule has 0 aliphatic rings. The van der Waals surface area contributed by atoms with Crippen LogP contribution in [0.3, 0.4) is 0 Å². The summed E-state index contributed by atoms with van der Waals surface area (Å²) in [6, 6.07) is 10.7. The summed E-state index contributed by atoms with van der Waals surface area (Å²) >= 11 is 3.32. The Morgan fingerprint density at radius 2 is 1.90 bits per heavy atom. The highest BCUT2D eigenvalue weighted by atomic mass is 79.9. The van der Waals surface area contributed by atoms with Crippen LogP contribution in [-0.2, 0) is 0 Å². The summed E-state index contributed by atoms with van der Waals surface area (Å²) in [5, 5.41) is 13.6. The van der Waals surface area contributed by atoms with Crippen LogP contribution in [0.15, 0.2) is 46.0 Å². The first kappa shape index (κ1) is 15.3. The van der Waals surface area contributed by atoms with E-state index in [1.807, 2.05) is 19.9 Å². The molecule has 21 heavy (non-hydrogen) atoms. The van der Waals surface area contributed by atoms with E-state index >= 15 is 0 Å². The van der Waals surface area contributed by atoms with Gasteiger partial charge in [-0.25, -0.2) is 5.43 Å². The van der Waals surface area contributed by atoms with Crippen LogP contribution in [0.5, 0.6) is 5.75 Å². The van der Waals surface area contributed by atoms with Gasteiger partial charge >= 0.3 is 0 Å². The van der Waals surface area contributed by atoms with E-state index in [0.717, 1.165) is 21.2 Å². The molecule has 4 nitrogen and oxygen atoms in total. The Balaban J connectivity index is 2.07. The number of aromatic hydroxyl groups is 1. The summed E-state index contributed by atoms with van der Waals surface area (Å²) in [5.41, 5.74) is 5.37. The van der Waals surface area contributed by atoms with Crippen molar-refractivity contribution in [2.45, 2.75) is 13.8 Å². The first-order chi connectivity index (χ1) is 9.97. The zero-order chi connectivity index (χ0) is 15.4. The predicted octanol–water partition coefficient (Wildman–Crippen LogP) is 3.54. The smallest absolute Gasteiger partial charge is 0.271 e. The normalized spacial score (nSPS) is 10.8. The number of hydrazone groups is 1. The molecule has 0 radical (unpaired) electrons. The van der Waals surface area contributed by atoms with Gasteiger partial charge in [0, 0.05) is 10.0 Å². The zero-order valence-electron chi connectivity index (χ0n) is 11.7. The van der Waals surface area contributed by atoms with Gasteiger partial charge in [0.05, 0.1) is 6.21 Å². The van der Waals surface area contributed by atoms with Crippen LogP contribution in [0.1, 0.15) is 27.0 Å². The van der Waals surface area contributed by atoms with E-state index in [4.69, 9.17) is 0 Å². The molecule has 0 unspecified atom stereocenters. The third-order valence-electron chi connectivity index (χ3n) is 2.98. The molecule has 5 heteroatoms. The quantitative estimate of drug-likeness (QED) is 0.659. The molecular weight excluding hydrogens is 332 g/mol. The molecule has 0 saturated heterocycles. The highest BCUT2D eigenvalue weighted by Crippen LogP contribution is 2.22. The summed E-state index contributed by atoms with van der Waals surface area (Å²) in [5.74, 6) is 0.00472. The fourth-order valence-electron chi connectivity index (χ4n) is 1.92. The Morgan fingerprint density at radius 3 is 2.52 bits per heavy atom. The number of carbonyl (C=O) groups excluding carboxylic acids is 1. The van der Waals surface area contributed by atoms with Gasteiger partial charge in [-0.15, -0.1) is 0 Å². The number of phenols is 1. The molecule has 0 aromatic heterocycles. The van der Waals surface area contributed by atoms with Gasteiger partial charge in [0.2, 0.25) is 0 Å². The van der Waals surface area contributed by atoms with E-state index in [0.29, 0.717) is 5.56 Å². The van der Waals surface area contributed by atoms with Crippen LogP contribution >= 0.6 is 15.9 Å². The second-order valence-electron chi connectivity index (χ2n) is 4.71. The molecule has 0 bridgehead atoms. The largest absolute Gasteiger partial charge is 0.507 e. The van der Waals surface area contributed by atoms with Crippen molar-refractivity contribution in [3.05, 3.63) is 63.1 Å². The maximum Gasteiger partial charge on any atom is 0.271 e. The van der Waals surface area contributed by atoms with Gasteiger partial charge in [-0.2, -0.15) is 5.10 Å². The average Bonchev–Trinajstić information content (AvgIpc) is 2.44. The summed E-state index contributed by atoms with van der Waals surface area (Å²) < 4.78 is 0.837. The van der Waals surface area contributed by atoms with E-state index in [1.54, 1.807) is 36.5 Å². The number of nitrogens with one attached hydrogen (secondary N) is 1. The molecule has 0 fully saturated rings. The lowest BCUT2D eigenvalue weighted by Gasteiger charge is -2.04. The number of nitrogens with zero attached hydrogens (tertiary/aromatic N) is 1. The van der Waals surface area contributed by atoms with E-state index in [2.05, 4.69) is 26.5 Å². The van der Waals surface area contributed by atoms with Crippen LogP contribution in [0, 0.1) is 13.8 Å². The third-order valence-corrected chi connectivity index (χ3v) is 3.47. The Kier molecular flexibility index (Phi) is 4.75. The molecular formula is C16H15BrN2O2. The Labute approximate surface area is 131 Å². The van der Waals surface area contributed by atoms with Crippen molar-refractivity contribution in [2.24, 2.45) is 5.10 Å². The molecule has 0 heterocycles. The predicted molar refractivity (Wildman–Crippen MR) is 86.8 cm³/mol. The van der Waals surface area contributed by atoms with Gasteiger partial charge in [-0.05, 0) is 60.9 Å². The molecule has 2 rings (SSSR count). The van der Waals surface area contributed by atoms with E-state index < -0.39 is 0 Å². The summed E-state index contributed by atoms with van der Waals surface area (Å²) in [4.78, 5) is 11.9. The molecule has 2 aromatic rings. The fraction of sp³-hybridized carbons (Fsp3) is 0.125. The fourth-order valence-corrected chi connectivity index (χ4v) is 2.32. The monoisotopic (exact) mass is 346 g/mol. The first-order valence-corrected chi connectivity index (χ1v) is 7.16. The second-order valence-corrected chi connectivity index (χ2v) is 5.63. The van der Waals surface area contributed by atoms with E-state index in [1.165, 1.54) is 0 Å². The van der Waals surface area contributed by atoms with E-state index in [9.17, 15) is 9.90 Å². The zero-order valence-corrected chi connectivity index (χ0v) is 13.3. The van der Waals surface area contributed by atoms with Crippen molar-refractivity contribution in [1.29, 1.82) is 0 Å². The molecule has 108 valence electrons. The van der Waals surface area contributed by atoms with Gasteiger partial charge in [-0.1, -0.05) is 22.0 Å². The highest BCUT2D eigenvalue weighted by Gasteiger charge is 2.04. The van der Waals surface area contributed by atoms with Gasteiger partial charge in [0.1, 0.15) is 5.75 Å². The summed E-state index contributed by atoms with van der Waals surface area (Å²) in [6.07, 6.45) is 1.55. The summed E-state index contributed by atoms with van der Waals surface area (Å²) in [6.45, 7) is 3.64. The van der Waals surface area contributed by atoms with Crippen molar-refractivity contribution < 1.29 is 9.90 Å². The third kappa shape index (κ3) is 3.92. The topological polar surface area (TPSA) is 61.7 Å². The van der Waals surface area contributed by atoms with Gasteiger partial charge in [0.15, 0.2) is 0 Å². The Morgan fingerprint density at radius 1 is 1.24 bits per heavy atom. The minimum absolute atomic E-state index is 0.278. The number of rotatable bonds is 3. The SMILES string of the molecule is Cc1cc(/C=N\NC(=O)c2cccc(Br)c2)cc(C)c1O. The Bertz CT molecular complexity index is 688. The minimum atomic E-state index is -0.278. The minimum Gasteiger partial charge on any atom is -0.507 e. The van der Waals surface area contributed by atoms with Crippen LogP contribution in [0.4, 0.5) is 0 Å². The lowest BCUT2D eigenvalue weighted by atomic mass is 10.1. The molecule has 2 N–H and O–H groups in total. The maximum absolute atomic E-state index is 11.9. The molecule has 0 saturated carbocycles. The van der Waals surface area contributed by atoms with Crippen molar-refractivity contribution in [3.8, 4) is 5.75 Å². The van der Waals surface area contributed by atoms with Gasteiger partial charge in [0.25, 0.3) is 5.91 Å². The second kappa shape index (κ2) is 6.54. The van der Waals surface area contributed by atoms with Crippen LogP contribution in [-0.4, -0.2) is 17.2 Å². The van der Waals surface area contributed by atoms with E-state index in [-0.39, 0.29) is 11.7 Å². The number of aryl methyl sites for hydroxylation is 2. The number of phenolic OH excluding ortho intramolecular Hbond substituents is 1. The average molecular weight is 347 g/mol. The number of amides is 1. The van der Waals surface area contributed by atoms with Crippen LogP contribution in [0.2, 0.25) is 0 Å². The molecule has 1 amide bonds. The van der Waals surface area contributed by atoms with Crippen molar-refractivity contribution in [1.82, 2.24) is 5.43 Å².